The van der Waals surface area contributed by atoms with Gasteiger partial charge in [-0.05, 0) is 110 Å². The lowest BCUT2D eigenvalue weighted by atomic mass is 9.93. The first-order valence-electron chi connectivity index (χ1n) is 19.9. The summed E-state index contributed by atoms with van der Waals surface area (Å²) in [6, 6.07) is 68.4. The van der Waals surface area contributed by atoms with E-state index in [0.29, 0.717) is 6.54 Å². The molecule has 0 atom stereocenters. The van der Waals surface area contributed by atoms with Crippen molar-refractivity contribution in [2.24, 2.45) is 0 Å². The Balaban J connectivity index is 0.998. The summed E-state index contributed by atoms with van der Waals surface area (Å²) in [5, 5.41) is 7.14. The quantitative estimate of drug-likeness (QED) is 0.162. The predicted octanol–water partition coefficient (Wildman–Crippen LogP) is 15.2. The van der Waals surface area contributed by atoms with E-state index < -0.39 is 0 Å². The van der Waals surface area contributed by atoms with Gasteiger partial charge in [-0.15, -0.1) is 0 Å². The van der Waals surface area contributed by atoms with Crippen LogP contribution in [0.4, 0.5) is 11.4 Å². The highest BCUT2D eigenvalue weighted by Gasteiger charge is 2.21. The summed E-state index contributed by atoms with van der Waals surface area (Å²) in [4.78, 5) is 2.51. The van der Waals surface area contributed by atoms with E-state index in [1.165, 1.54) is 66.4 Å². The molecule has 0 saturated heterocycles. The molecule has 1 heterocycles. The summed E-state index contributed by atoms with van der Waals surface area (Å²) in [7, 11) is 0. The average Bonchev–Trinajstić information content (AvgIpc) is 3.68. The van der Waals surface area contributed by atoms with Crippen LogP contribution in [-0.2, 0) is 13.0 Å². The topological polar surface area (TPSA) is 16.4 Å². The Kier molecular flexibility index (Phi) is 8.07. The van der Waals surface area contributed by atoms with Gasteiger partial charge < -0.3 is 9.32 Å². The van der Waals surface area contributed by atoms with Crippen LogP contribution >= 0.6 is 0 Å². The van der Waals surface area contributed by atoms with Crippen molar-refractivity contribution in [1.82, 2.24) is 0 Å². The van der Waals surface area contributed by atoms with Gasteiger partial charge in [0.15, 0.2) is 0 Å². The van der Waals surface area contributed by atoms with Gasteiger partial charge in [-0.3, -0.25) is 0 Å². The third kappa shape index (κ3) is 5.89. The van der Waals surface area contributed by atoms with Crippen molar-refractivity contribution < 1.29 is 4.42 Å². The van der Waals surface area contributed by atoms with Crippen molar-refractivity contribution in [3.63, 3.8) is 0 Å². The Hall–Kier alpha value is -7.16. The maximum atomic E-state index is 6.84. The Labute approximate surface area is 332 Å². The van der Waals surface area contributed by atoms with E-state index in [1.54, 1.807) is 0 Å². The second-order valence-corrected chi connectivity index (χ2v) is 15.2. The van der Waals surface area contributed by atoms with Crippen molar-refractivity contribution in [3.8, 4) is 33.4 Å². The second-order valence-electron chi connectivity index (χ2n) is 15.2. The van der Waals surface area contributed by atoms with E-state index in [-0.39, 0.29) is 0 Å². The third-order valence-electron chi connectivity index (χ3n) is 11.8. The molecule has 0 spiro atoms. The Morgan fingerprint density at radius 2 is 1.12 bits per heavy atom. The molecule has 1 aliphatic carbocycles. The lowest BCUT2D eigenvalue weighted by Gasteiger charge is -2.30. The van der Waals surface area contributed by atoms with Crippen LogP contribution in [0.2, 0.25) is 0 Å². The van der Waals surface area contributed by atoms with Gasteiger partial charge in [0.05, 0.1) is 0 Å². The van der Waals surface area contributed by atoms with Crippen LogP contribution in [0.5, 0.6) is 0 Å². The molecule has 0 unspecified atom stereocenters. The van der Waals surface area contributed by atoms with E-state index in [4.69, 9.17) is 4.42 Å². The highest BCUT2D eigenvalue weighted by molar-refractivity contribution is 6.17. The zero-order chi connectivity index (χ0) is 37.7. The van der Waals surface area contributed by atoms with Gasteiger partial charge in [-0.25, -0.2) is 0 Å². The first-order chi connectivity index (χ1) is 28.2. The summed E-state index contributed by atoms with van der Waals surface area (Å²) in [5.74, 6) is 0. The summed E-state index contributed by atoms with van der Waals surface area (Å²) in [5.41, 5.74) is 15.4. The van der Waals surface area contributed by atoms with E-state index in [1.807, 2.05) is 0 Å². The van der Waals surface area contributed by atoms with E-state index in [2.05, 4.69) is 205 Å². The minimum atomic E-state index is 0.701. The molecule has 11 rings (SSSR count). The molecule has 0 radical (unpaired) electrons. The monoisotopic (exact) mass is 729 g/mol. The molecule has 0 aliphatic heterocycles. The van der Waals surface area contributed by atoms with Crippen LogP contribution in [0.15, 0.2) is 199 Å². The summed E-state index contributed by atoms with van der Waals surface area (Å²) >= 11 is 0. The Morgan fingerprint density at radius 1 is 0.456 bits per heavy atom. The minimum Gasteiger partial charge on any atom is -0.455 e. The number of fused-ring (bicyclic) bond motifs is 7. The van der Waals surface area contributed by atoms with Gasteiger partial charge in [-0.2, -0.15) is 0 Å². The molecule has 10 aromatic rings. The number of nitrogens with zero attached hydrogens (tertiary/aromatic N) is 1. The van der Waals surface area contributed by atoms with Crippen LogP contribution in [0, 0.1) is 0 Å². The number of allylic oxidation sites excluding steroid dienone is 1. The fourth-order valence-electron chi connectivity index (χ4n) is 8.94. The van der Waals surface area contributed by atoms with Gasteiger partial charge in [-0.1, -0.05) is 164 Å². The number of benzene rings is 9. The van der Waals surface area contributed by atoms with Gasteiger partial charge in [0.1, 0.15) is 11.2 Å². The van der Waals surface area contributed by atoms with Gasteiger partial charge in [0.25, 0.3) is 0 Å². The van der Waals surface area contributed by atoms with Gasteiger partial charge in [0, 0.05) is 39.6 Å². The molecule has 57 heavy (non-hydrogen) atoms. The number of hydrogen-bond acceptors (Lipinski definition) is 2. The number of anilines is 2. The second kappa shape index (κ2) is 13.8. The lowest BCUT2D eigenvalue weighted by molar-refractivity contribution is 0.673. The first-order valence-corrected chi connectivity index (χ1v) is 19.9. The maximum absolute atomic E-state index is 6.84. The number of hydrogen-bond donors (Lipinski definition) is 0. The molecule has 1 aromatic heterocycles. The summed E-state index contributed by atoms with van der Waals surface area (Å²) < 4.78 is 6.84. The molecular weight excluding hydrogens is 691 g/mol. The molecule has 2 nitrogen and oxygen atoms in total. The molecule has 0 bridgehead atoms. The summed E-state index contributed by atoms with van der Waals surface area (Å²) in [6.45, 7) is 0.701. The number of para-hydroxylation sites is 1. The van der Waals surface area contributed by atoms with E-state index >= 15 is 0 Å². The Morgan fingerprint density at radius 3 is 2.04 bits per heavy atom. The van der Waals surface area contributed by atoms with Gasteiger partial charge in [0.2, 0.25) is 0 Å². The molecular formula is C55H39NO. The maximum Gasteiger partial charge on any atom is 0.143 e. The van der Waals surface area contributed by atoms with Crippen molar-refractivity contribution in [2.75, 3.05) is 4.90 Å². The molecule has 0 amide bonds. The standard InChI is InChI=1S/C55H39NO/c1-2-15-41-35-44(27-26-37(41)12-1)43-19-9-18-42(34-43)38-28-31-46(32-29-38)56(53-25-10-17-39-13-3-7-21-48(39)53)36-45-16-5-6-20-47(45)50-23-11-24-51-52-33-30-40-14-4-8-22-49(40)54(52)57-55(50)51/h1-6,8-20,22-35H,7,21,36H2. The highest BCUT2D eigenvalue weighted by atomic mass is 16.3. The summed E-state index contributed by atoms with van der Waals surface area (Å²) in [6.07, 6.45) is 6.64. The minimum absolute atomic E-state index is 0.701. The molecule has 1 aliphatic rings. The molecule has 9 aromatic carbocycles. The fraction of sp³-hybridized carbons (Fsp3) is 0.0545. The molecule has 270 valence electrons. The van der Waals surface area contributed by atoms with Crippen LogP contribution in [0.3, 0.4) is 0 Å². The molecule has 2 heteroatoms. The SMILES string of the molecule is C1=Cc2cccc(N(Cc3ccccc3-c3cccc4c3oc3c5ccccc5ccc43)c3ccc(-c4cccc(-c5ccc6ccccc6c5)c4)cc3)c2CC1. The third-order valence-corrected chi connectivity index (χ3v) is 11.8. The van der Waals surface area contributed by atoms with Crippen molar-refractivity contribution in [3.05, 3.63) is 211 Å². The smallest absolute Gasteiger partial charge is 0.143 e. The van der Waals surface area contributed by atoms with Crippen LogP contribution in [-0.4, -0.2) is 0 Å². The molecule has 0 fully saturated rings. The molecule has 0 saturated carbocycles. The lowest BCUT2D eigenvalue weighted by Crippen LogP contribution is -2.19. The van der Waals surface area contributed by atoms with E-state index in [9.17, 15) is 0 Å². The first kappa shape index (κ1) is 33.2. The van der Waals surface area contributed by atoms with Crippen LogP contribution in [0.1, 0.15) is 23.1 Å². The van der Waals surface area contributed by atoms with Crippen molar-refractivity contribution in [1.29, 1.82) is 0 Å². The number of furan rings is 1. The van der Waals surface area contributed by atoms with E-state index in [0.717, 1.165) is 51.4 Å². The average molecular weight is 730 g/mol. The van der Waals surface area contributed by atoms with Crippen LogP contribution in [0.25, 0.3) is 82.9 Å². The zero-order valence-electron chi connectivity index (χ0n) is 31.5. The Bertz CT molecular complexity index is 3170. The van der Waals surface area contributed by atoms with Crippen LogP contribution < -0.4 is 4.90 Å². The largest absolute Gasteiger partial charge is 0.455 e. The van der Waals surface area contributed by atoms with Gasteiger partial charge >= 0.3 is 0 Å². The number of rotatable bonds is 7. The fourth-order valence-corrected chi connectivity index (χ4v) is 8.94. The normalized spacial score (nSPS) is 12.4. The van der Waals surface area contributed by atoms with Crippen molar-refractivity contribution in [2.45, 2.75) is 19.4 Å². The highest BCUT2D eigenvalue weighted by Crippen LogP contribution is 2.42. The predicted molar refractivity (Wildman–Crippen MR) is 241 cm³/mol. The van der Waals surface area contributed by atoms with Crippen molar-refractivity contribution >= 4 is 60.9 Å². The molecule has 0 N–H and O–H groups in total. The zero-order valence-corrected chi connectivity index (χ0v) is 31.5.